The normalized spacial score (nSPS) is 22.4. The molecule has 1 heterocycles. The van der Waals surface area contributed by atoms with Crippen LogP contribution in [0.25, 0.3) is 0 Å². The van der Waals surface area contributed by atoms with Gasteiger partial charge >= 0.3 is 0 Å². The van der Waals surface area contributed by atoms with Crippen molar-refractivity contribution < 1.29 is 13.9 Å². The maximum atomic E-state index is 13.2. The molecule has 0 saturated carbocycles. The lowest BCUT2D eigenvalue weighted by Crippen LogP contribution is -2.32. The van der Waals surface area contributed by atoms with E-state index >= 15 is 0 Å². The quantitative estimate of drug-likeness (QED) is 0.869. The second-order valence-electron chi connectivity index (χ2n) is 5.74. The first-order valence-electron chi connectivity index (χ1n) is 7.32. The van der Waals surface area contributed by atoms with Crippen molar-refractivity contribution in [1.82, 2.24) is 5.32 Å². The zero-order valence-electron chi connectivity index (χ0n) is 12.5. The van der Waals surface area contributed by atoms with Gasteiger partial charge in [-0.05, 0) is 43.5 Å². The average molecular weight is 281 g/mol. The molecule has 1 aliphatic heterocycles. The van der Waals surface area contributed by atoms with Gasteiger partial charge in [0.1, 0.15) is 18.2 Å². The van der Waals surface area contributed by atoms with Gasteiger partial charge in [0.2, 0.25) is 0 Å². The molecule has 0 spiro atoms. The van der Waals surface area contributed by atoms with Gasteiger partial charge in [0.15, 0.2) is 0 Å². The lowest BCUT2D eigenvalue weighted by molar-refractivity contribution is 0.0178. The number of ether oxygens (including phenoxy) is 2. The van der Waals surface area contributed by atoms with Gasteiger partial charge < -0.3 is 14.8 Å². The first-order valence-corrected chi connectivity index (χ1v) is 7.32. The second kappa shape index (κ2) is 7.04. The van der Waals surface area contributed by atoms with Gasteiger partial charge in [0.05, 0.1) is 12.2 Å². The van der Waals surface area contributed by atoms with Gasteiger partial charge in [0, 0.05) is 12.6 Å². The Labute approximate surface area is 120 Å². The predicted molar refractivity (Wildman–Crippen MR) is 77.7 cm³/mol. The van der Waals surface area contributed by atoms with Crippen LogP contribution >= 0.6 is 0 Å². The Morgan fingerprint density at radius 3 is 2.80 bits per heavy atom. The Morgan fingerprint density at radius 2 is 2.10 bits per heavy atom. The van der Waals surface area contributed by atoms with Crippen molar-refractivity contribution >= 4 is 0 Å². The Kier molecular flexibility index (Phi) is 5.38. The van der Waals surface area contributed by atoms with E-state index in [4.69, 9.17) is 9.47 Å². The Balaban J connectivity index is 1.73. The van der Waals surface area contributed by atoms with Crippen LogP contribution in [-0.4, -0.2) is 31.4 Å². The van der Waals surface area contributed by atoms with Gasteiger partial charge in [-0.2, -0.15) is 0 Å². The molecule has 2 unspecified atom stereocenters. The number of halogens is 1. The molecule has 1 aliphatic rings. The molecule has 1 N–H and O–H groups in total. The third kappa shape index (κ3) is 4.46. The fourth-order valence-corrected chi connectivity index (χ4v) is 2.32. The minimum atomic E-state index is -0.200. The Hall–Kier alpha value is -1.13. The highest BCUT2D eigenvalue weighted by molar-refractivity contribution is 5.28. The van der Waals surface area contributed by atoms with E-state index in [2.05, 4.69) is 19.2 Å². The fraction of sp³-hybridized carbons (Fsp3) is 0.625. The molecule has 3 nitrogen and oxygen atoms in total. The summed E-state index contributed by atoms with van der Waals surface area (Å²) in [6, 6.07) is 5.31. The highest BCUT2D eigenvalue weighted by Gasteiger charge is 2.25. The topological polar surface area (TPSA) is 30.5 Å². The van der Waals surface area contributed by atoms with E-state index < -0.39 is 0 Å². The third-order valence-corrected chi connectivity index (χ3v) is 3.51. The number of nitrogens with one attached hydrogen (secondary N) is 1. The van der Waals surface area contributed by atoms with Crippen LogP contribution < -0.4 is 10.1 Å². The van der Waals surface area contributed by atoms with E-state index in [1.54, 1.807) is 19.1 Å². The van der Waals surface area contributed by atoms with Gasteiger partial charge in [-0.25, -0.2) is 4.39 Å². The fourth-order valence-electron chi connectivity index (χ4n) is 2.32. The molecule has 0 aliphatic carbocycles. The predicted octanol–water partition coefficient (Wildman–Crippen LogP) is 3.06. The van der Waals surface area contributed by atoms with Crippen LogP contribution in [-0.2, 0) is 4.74 Å². The molecule has 0 amide bonds. The van der Waals surface area contributed by atoms with Crippen LogP contribution in [0.4, 0.5) is 4.39 Å². The number of aryl methyl sites for hydroxylation is 1. The Bertz CT molecular complexity index is 436. The molecule has 1 fully saturated rings. The van der Waals surface area contributed by atoms with E-state index in [0.717, 1.165) is 19.4 Å². The largest absolute Gasteiger partial charge is 0.491 e. The molecule has 1 aromatic rings. The summed E-state index contributed by atoms with van der Waals surface area (Å²) in [5.41, 5.74) is 0.605. The molecule has 112 valence electrons. The summed E-state index contributed by atoms with van der Waals surface area (Å²) in [4.78, 5) is 0. The molecule has 0 aromatic heterocycles. The standard InChI is InChI=1S/C16H24FNO2/c1-11(2)18-9-14-4-5-15(20-14)10-19-13-6-7-16(17)12(3)8-13/h6-8,11,14-15,18H,4-5,9-10H2,1-3H3. The minimum Gasteiger partial charge on any atom is -0.491 e. The van der Waals surface area contributed by atoms with Crippen molar-refractivity contribution in [3.05, 3.63) is 29.6 Å². The number of hydrogen-bond donors (Lipinski definition) is 1. The van der Waals surface area contributed by atoms with E-state index in [1.807, 2.05) is 0 Å². The Morgan fingerprint density at radius 1 is 1.35 bits per heavy atom. The van der Waals surface area contributed by atoms with Crippen LogP contribution in [0.5, 0.6) is 5.75 Å². The lowest BCUT2D eigenvalue weighted by atomic mass is 10.2. The van der Waals surface area contributed by atoms with E-state index in [-0.39, 0.29) is 18.0 Å². The summed E-state index contributed by atoms with van der Waals surface area (Å²) >= 11 is 0. The van der Waals surface area contributed by atoms with E-state index in [0.29, 0.717) is 24.0 Å². The summed E-state index contributed by atoms with van der Waals surface area (Å²) in [7, 11) is 0. The van der Waals surface area contributed by atoms with Crippen LogP contribution in [0.2, 0.25) is 0 Å². The zero-order valence-corrected chi connectivity index (χ0v) is 12.5. The van der Waals surface area contributed by atoms with E-state index in [9.17, 15) is 4.39 Å². The summed E-state index contributed by atoms with van der Waals surface area (Å²) < 4.78 is 24.8. The summed E-state index contributed by atoms with van der Waals surface area (Å²) in [5, 5.41) is 3.39. The van der Waals surface area contributed by atoms with Crippen molar-refractivity contribution in [1.29, 1.82) is 0 Å². The molecule has 4 heteroatoms. The SMILES string of the molecule is Cc1cc(OCC2CCC(CNC(C)C)O2)ccc1F. The maximum absolute atomic E-state index is 13.2. The van der Waals surface area contributed by atoms with E-state index in [1.165, 1.54) is 6.07 Å². The van der Waals surface area contributed by atoms with Gasteiger partial charge in [-0.15, -0.1) is 0 Å². The highest BCUT2D eigenvalue weighted by Crippen LogP contribution is 2.22. The minimum absolute atomic E-state index is 0.138. The summed E-state index contributed by atoms with van der Waals surface area (Å²) in [6.45, 7) is 7.42. The van der Waals surface area contributed by atoms with Crippen LogP contribution in [0.3, 0.4) is 0 Å². The van der Waals surface area contributed by atoms with Crippen molar-refractivity contribution in [2.45, 2.75) is 51.9 Å². The summed E-state index contributed by atoms with van der Waals surface area (Å²) in [6.07, 6.45) is 2.50. The highest BCUT2D eigenvalue weighted by atomic mass is 19.1. The van der Waals surface area contributed by atoms with Crippen molar-refractivity contribution in [3.8, 4) is 5.75 Å². The molecule has 2 rings (SSSR count). The molecule has 1 saturated heterocycles. The first kappa shape index (κ1) is 15.3. The van der Waals surface area contributed by atoms with Crippen molar-refractivity contribution in [2.75, 3.05) is 13.2 Å². The molecule has 1 aromatic carbocycles. The molecule has 0 radical (unpaired) electrons. The molecule has 2 atom stereocenters. The number of benzene rings is 1. The lowest BCUT2D eigenvalue weighted by Gasteiger charge is -2.16. The van der Waals surface area contributed by atoms with Gasteiger partial charge in [-0.3, -0.25) is 0 Å². The van der Waals surface area contributed by atoms with Crippen LogP contribution in [0.1, 0.15) is 32.3 Å². The van der Waals surface area contributed by atoms with Crippen molar-refractivity contribution in [3.63, 3.8) is 0 Å². The molecular formula is C16H24FNO2. The number of hydrogen-bond acceptors (Lipinski definition) is 3. The molecular weight excluding hydrogens is 257 g/mol. The summed E-state index contributed by atoms with van der Waals surface area (Å²) in [5.74, 6) is 0.505. The third-order valence-electron chi connectivity index (χ3n) is 3.51. The first-order chi connectivity index (χ1) is 9.54. The zero-order chi connectivity index (χ0) is 14.5. The monoisotopic (exact) mass is 281 g/mol. The smallest absolute Gasteiger partial charge is 0.126 e. The van der Waals surface area contributed by atoms with Crippen molar-refractivity contribution in [2.24, 2.45) is 0 Å². The molecule has 20 heavy (non-hydrogen) atoms. The van der Waals surface area contributed by atoms with Crippen LogP contribution in [0, 0.1) is 12.7 Å². The number of rotatable bonds is 6. The second-order valence-corrected chi connectivity index (χ2v) is 5.74. The average Bonchev–Trinajstić information content (AvgIpc) is 2.86. The van der Waals surface area contributed by atoms with Gasteiger partial charge in [-0.1, -0.05) is 13.8 Å². The van der Waals surface area contributed by atoms with Gasteiger partial charge in [0.25, 0.3) is 0 Å². The van der Waals surface area contributed by atoms with Crippen LogP contribution in [0.15, 0.2) is 18.2 Å². The molecule has 0 bridgehead atoms. The maximum Gasteiger partial charge on any atom is 0.126 e.